The molecule has 1 amide bonds. The molecule has 2 aromatic heterocycles. The molecule has 0 atom stereocenters. The largest absolute Gasteiger partial charge is 0.342 e. The Bertz CT molecular complexity index is 1020. The molecule has 0 spiro atoms. The number of aryl methyl sites for hydroxylation is 1. The molecule has 0 bridgehead atoms. The molecule has 0 saturated carbocycles. The van der Waals surface area contributed by atoms with E-state index in [9.17, 15) is 4.79 Å². The Morgan fingerprint density at radius 3 is 2.39 bits per heavy atom. The number of rotatable bonds is 5. The number of pyridine rings is 1. The van der Waals surface area contributed by atoms with Crippen LogP contribution in [0.4, 0.5) is 0 Å². The van der Waals surface area contributed by atoms with Crippen LogP contribution in [-0.4, -0.2) is 38.8 Å². The number of likely N-dealkylation sites (tertiary alicyclic amines) is 1. The van der Waals surface area contributed by atoms with Crippen molar-refractivity contribution in [1.29, 1.82) is 0 Å². The first-order valence-corrected chi connectivity index (χ1v) is 11.1. The molecule has 0 aliphatic carbocycles. The summed E-state index contributed by atoms with van der Waals surface area (Å²) in [6.07, 6.45) is 7.85. The molecule has 5 heteroatoms. The first-order chi connectivity index (χ1) is 15.0. The number of hydrogen-bond acceptors (Lipinski definition) is 4. The smallest absolute Gasteiger partial charge is 0.226 e. The van der Waals surface area contributed by atoms with Crippen LogP contribution >= 0.6 is 0 Å². The van der Waals surface area contributed by atoms with Gasteiger partial charge in [0, 0.05) is 43.2 Å². The van der Waals surface area contributed by atoms with Gasteiger partial charge in [0.1, 0.15) is 5.82 Å². The van der Waals surface area contributed by atoms with Crippen LogP contribution in [0.2, 0.25) is 0 Å². The predicted octanol–water partition coefficient (Wildman–Crippen LogP) is 4.92. The number of piperidine rings is 1. The average Bonchev–Trinajstić information content (AvgIpc) is 2.81. The Hall–Kier alpha value is -3.08. The van der Waals surface area contributed by atoms with Gasteiger partial charge in [0.25, 0.3) is 0 Å². The summed E-state index contributed by atoms with van der Waals surface area (Å²) in [6, 6.07) is 12.2. The fourth-order valence-corrected chi connectivity index (χ4v) is 4.18. The monoisotopic (exact) mass is 414 g/mol. The summed E-state index contributed by atoms with van der Waals surface area (Å²) in [4.78, 5) is 28.6. The van der Waals surface area contributed by atoms with E-state index in [0.29, 0.717) is 18.3 Å². The predicted molar refractivity (Wildman–Crippen MR) is 123 cm³/mol. The zero-order chi connectivity index (χ0) is 21.8. The standard InChI is InChI=1S/C26H30N4O/c1-18(2)25-23(21-8-12-27-13-9-21)17-28-26(29-25)22-10-14-30(15-11-22)24(31)16-20-6-4-19(3)5-7-20/h4-9,12-13,17-18,22H,10-11,14-16H2,1-3H3. The van der Waals surface area contributed by atoms with Crippen LogP contribution in [0, 0.1) is 6.92 Å². The maximum atomic E-state index is 12.7. The molecule has 5 nitrogen and oxygen atoms in total. The summed E-state index contributed by atoms with van der Waals surface area (Å²) >= 11 is 0. The molecular weight excluding hydrogens is 384 g/mol. The highest BCUT2D eigenvalue weighted by Gasteiger charge is 2.26. The molecule has 1 aliphatic heterocycles. The highest BCUT2D eigenvalue weighted by Crippen LogP contribution is 2.31. The fraction of sp³-hybridized carbons (Fsp3) is 0.385. The molecule has 1 aromatic carbocycles. The van der Waals surface area contributed by atoms with Crippen LogP contribution < -0.4 is 0 Å². The van der Waals surface area contributed by atoms with Crippen LogP contribution in [0.1, 0.15) is 61.2 Å². The summed E-state index contributed by atoms with van der Waals surface area (Å²) < 4.78 is 0. The summed E-state index contributed by atoms with van der Waals surface area (Å²) in [5, 5.41) is 0. The maximum Gasteiger partial charge on any atom is 0.226 e. The lowest BCUT2D eigenvalue weighted by molar-refractivity contribution is -0.131. The van der Waals surface area contributed by atoms with Crippen molar-refractivity contribution < 1.29 is 4.79 Å². The molecule has 1 aliphatic rings. The van der Waals surface area contributed by atoms with Gasteiger partial charge in [-0.3, -0.25) is 9.78 Å². The SMILES string of the molecule is Cc1ccc(CC(=O)N2CCC(c3ncc(-c4ccncc4)c(C(C)C)n3)CC2)cc1. The van der Waals surface area contributed by atoms with Crippen LogP contribution in [-0.2, 0) is 11.2 Å². The van der Waals surface area contributed by atoms with Gasteiger partial charge >= 0.3 is 0 Å². The van der Waals surface area contributed by atoms with E-state index in [1.54, 1.807) is 12.4 Å². The molecular formula is C26H30N4O. The summed E-state index contributed by atoms with van der Waals surface area (Å²) in [6.45, 7) is 7.93. The van der Waals surface area contributed by atoms with Crippen LogP contribution in [0.3, 0.4) is 0 Å². The number of hydrogen-bond donors (Lipinski definition) is 0. The maximum absolute atomic E-state index is 12.7. The van der Waals surface area contributed by atoms with Crippen molar-refractivity contribution in [2.45, 2.75) is 51.9 Å². The summed E-state index contributed by atoms with van der Waals surface area (Å²) in [5.74, 6) is 1.72. The number of aromatic nitrogens is 3. The highest BCUT2D eigenvalue weighted by molar-refractivity contribution is 5.78. The van der Waals surface area contributed by atoms with Crippen molar-refractivity contribution >= 4 is 5.91 Å². The van der Waals surface area contributed by atoms with Gasteiger partial charge in [-0.05, 0) is 48.9 Å². The van der Waals surface area contributed by atoms with E-state index in [1.807, 2.05) is 35.4 Å². The highest BCUT2D eigenvalue weighted by atomic mass is 16.2. The zero-order valence-corrected chi connectivity index (χ0v) is 18.6. The molecule has 0 N–H and O–H groups in total. The van der Waals surface area contributed by atoms with Crippen molar-refractivity contribution in [3.63, 3.8) is 0 Å². The van der Waals surface area contributed by atoms with E-state index in [4.69, 9.17) is 9.97 Å². The van der Waals surface area contributed by atoms with Gasteiger partial charge < -0.3 is 4.90 Å². The third-order valence-corrected chi connectivity index (χ3v) is 6.06. The molecule has 4 rings (SSSR count). The van der Waals surface area contributed by atoms with Crippen molar-refractivity contribution in [2.75, 3.05) is 13.1 Å². The lowest BCUT2D eigenvalue weighted by Gasteiger charge is -2.31. The molecule has 0 unspecified atom stereocenters. The molecule has 160 valence electrons. The molecule has 3 heterocycles. The molecule has 1 saturated heterocycles. The number of nitrogens with zero attached hydrogens (tertiary/aromatic N) is 4. The second kappa shape index (κ2) is 9.38. The fourth-order valence-electron chi connectivity index (χ4n) is 4.18. The van der Waals surface area contributed by atoms with E-state index in [0.717, 1.165) is 54.1 Å². The van der Waals surface area contributed by atoms with Gasteiger partial charge in [0.05, 0.1) is 12.1 Å². The minimum Gasteiger partial charge on any atom is -0.342 e. The molecule has 0 radical (unpaired) electrons. The average molecular weight is 415 g/mol. The van der Waals surface area contributed by atoms with Crippen molar-refractivity contribution in [3.8, 4) is 11.1 Å². The van der Waals surface area contributed by atoms with E-state index >= 15 is 0 Å². The minimum absolute atomic E-state index is 0.208. The third kappa shape index (κ3) is 4.98. The van der Waals surface area contributed by atoms with E-state index < -0.39 is 0 Å². The van der Waals surface area contributed by atoms with Crippen LogP contribution in [0.25, 0.3) is 11.1 Å². The van der Waals surface area contributed by atoms with Gasteiger partial charge in [-0.1, -0.05) is 43.7 Å². The normalized spacial score (nSPS) is 14.8. The zero-order valence-electron chi connectivity index (χ0n) is 18.6. The molecule has 31 heavy (non-hydrogen) atoms. The Morgan fingerprint density at radius 1 is 1.06 bits per heavy atom. The van der Waals surface area contributed by atoms with E-state index in [-0.39, 0.29) is 5.91 Å². The number of carbonyl (C=O) groups is 1. The lowest BCUT2D eigenvalue weighted by atomic mass is 9.94. The van der Waals surface area contributed by atoms with Crippen LogP contribution in [0.5, 0.6) is 0 Å². The van der Waals surface area contributed by atoms with Gasteiger partial charge in [-0.2, -0.15) is 0 Å². The first-order valence-electron chi connectivity index (χ1n) is 11.1. The third-order valence-electron chi connectivity index (χ3n) is 6.06. The van der Waals surface area contributed by atoms with E-state index in [1.165, 1.54) is 5.56 Å². The Kier molecular flexibility index (Phi) is 6.40. The topological polar surface area (TPSA) is 59.0 Å². The van der Waals surface area contributed by atoms with Gasteiger partial charge in [-0.25, -0.2) is 9.97 Å². The van der Waals surface area contributed by atoms with Crippen LogP contribution in [0.15, 0.2) is 55.0 Å². The number of benzene rings is 1. The Morgan fingerprint density at radius 2 is 1.74 bits per heavy atom. The van der Waals surface area contributed by atoms with Gasteiger partial charge in [-0.15, -0.1) is 0 Å². The summed E-state index contributed by atoms with van der Waals surface area (Å²) in [7, 11) is 0. The minimum atomic E-state index is 0.208. The first kappa shape index (κ1) is 21.2. The lowest BCUT2D eigenvalue weighted by Crippen LogP contribution is -2.39. The Balaban J connectivity index is 1.43. The van der Waals surface area contributed by atoms with Crippen molar-refractivity contribution in [1.82, 2.24) is 19.9 Å². The van der Waals surface area contributed by atoms with Crippen molar-refractivity contribution in [2.24, 2.45) is 0 Å². The summed E-state index contributed by atoms with van der Waals surface area (Å²) in [5.41, 5.74) is 5.55. The second-order valence-corrected chi connectivity index (χ2v) is 8.74. The second-order valence-electron chi connectivity index (χ2n) is 8.74. The number of carbonyl (C=O) groups excluding carboxylic acids is 1. The van der Waals surface area contributed by atoms with Gasteiger partial charge in [0.15, 0.2) is 0 Å². The number of amides is 1. The quantitative estimate of drug-likeness (QED) is 0.595. The van der Waals surface area contributed by atoms with Crippen molar-refractivity contribution in [3.05, 3.63) is 77.6 Å². The Labute approximate surface area is 184 Å². The van der Waals surface area contributed by atoms with Gasteiger partial charge in [0.2, 0.25) is 5.91 Å². The molecule has 1 fully saturated rings. The van der Waals surface area contributed by atoms with E-state index in [2.05, 4.69) is 37.9 Å². The molecule has 3 aromatic rings.